The second kappa shape index (κ2) is 5.32. The summed E-state index contributed by atoms with van der Waals surface area (Å²) >= 11 is 1.14. The lowest BCUT2D eigenvalue weighted by atomic mass is 10.2. The third-order valence-electron chi connectivity index (χ3n) is 2.01. The molecule has 0 saturated carbocycles. The molecule has 0 bridgehead atoms. The van der Waals surface area contributed by atoms with E-state index in [1.54, 1.807) is 0 Å². The SMILES string of the molecule is O=C(Cc1cnns1)Nc1cncc(C(=O)O)c1. The van der Waals surface area contributed by atoms with Crippen molar-refractivity contribution in [2.45, 2.75) is 6.42 Å². The topological polar surface area (TPSA) is 105 Å². The molecule has 1 amide bonds. The van der Waals surface area contributed by atoms with Gasteiger partial charge < -0.3 is 10.4 Å². The van der Waals surface area contributed by atoms with Crippen LogP contribution < -0.4 is 5.32 Å². The highest BCUT2D eigenvalue weighted by Crippen LogP contribution is 2.10. The largest absolute Gasteiger partial charge is 0.478 e. The van der Waals surface area contributed by atoms with Crippen LogP contribution in [0, 0.1) is 0 Å². The number of aromatic carboxylic acids is 1. The lowest BCUT2D eigenvalue weighted by Gasteiger charge is -2.04. The molecule has 2 N–H and O–H groups in total. The summed E-state index contributed by atoms with van der Waals surface area (Å²) in [6.45, 7) is 0. The van der Waals surface area contributed by atoms with Crippen molar-refractivity contribution in [1.82, 2.24) is 14.6 Å². The molecule has 0 spiro atoms. The average Bonchev–Trinajstić information content (AvgIpc) is 2.82. The van der Waals surface area contributed by atoms with Crippen LogP contribution in [0.15, 0.2) is 24.7 Å². The highest BCUT2D eigenvalue weighted by molar-refractivity contribution is 7.05. The molecule has 92 valence electrons. The van der Waals surface area contributed by atoms with Gasteiger partial charge in [0.05, 0.1) is 34.9 Å². The summed E-state index contributed by atoms with van der Waals surface area (Å²) in [7, 11) is 0. The first-order valence-corrected chi connectivity index (χ1v) is 5.67. The zero-order valence-corrected chi connectivity index (χ0v) is 9.85. The number of carboxylic acid groups (broad SMARTS) is 1. The number of nitrogens with one attached hydrogen (secondary N) is 1. The maximum absolute atomic E-state index is 11.6. The lowest BCUT2D eigenvalue weighted by Crippen LogP contribution is -2.14. The first-order chi connectivity index (χ1) is 8.65. The Morgan fingerprint density at radius 1 is 1.33 bits per heavy atom. The Hall–Kier alpha value is -2.35. The quantitative estimate of drug-likeness (QED) is 0.846. The minimum absolute atomic E-state index is 0.0206. The van der Waals surface area contributed by atoms with E-state index < -0.39 is 5.97 Å². The Balaban J connectivity index is 2.03. The predicted octanol–water partition coefficient (Wildman–Crippen LogP) is 0.812. The Morgan fingerprint density at radius 2 is 2.17 bits per heavy atom. The maximum atomic E-state index is 11.6. The number of pyridine rings is 1. The summed E-state index contributed by atoms with van der Waals surface area (Å²) in [5.74, 6) is -1.37. The van der Waals surface area contributed by atoms with E-state index in [0.717, 1.165) is 16.4 Å². The third kappa shape index (κ3) is 3.08. The van der Waals surface area contributed by atoms with Crippen molar-refractivity contribution in [3.8, 4) is 0 Å². The minimum Gasteiger partial charge on any atom is -0.478 e. The van der Waals surface area contributed by atoms with Gasteiger partial charge in [-0.25, -0.2) is 4.79 Å². The van der Waals surface area contributed by atoms with Gasteiger partial charge in [-0.15, -0.1) is 5.10 Å². The zero-order valence-electron chi connectivity index (χ0n) is 9.03. The van der Waals surface area contributed by atoms with Crippen molar-refractivity contribution in [2.24, 2.45) is 0 Å². The standard InChI is InChI=1S/C10H8N4O3S/c15-9(2-8-5-12-14-18-8)13-7-1-6(10(16)17)3-11-4-7/h1,3-5H,2H2,(H,13,15)(H,16,17). The van der Waals surface area contributed by atoms with Crippen molar-refractivity contribution in [3.63, 3.8) is 0 Å². The fourth-order valence-corrected chi connectivity index (χ4v) is 1.74. The highest BCUT2D eigenvalue weighted by atomic mass is 32.1. The molecular formula is C10H8N4O3S. The number of nitrogens with zero attached hydrogens (tertiary/aromatic N) is 3. The minimum atomic E-state index is -1.09. The number of carboxylic acids is 1. The number of carbonyl (C=O) groups excluding carboxylic acids is 1. The smallest absolute Gasteiger partial charge is 0.337 e. The van der Waals surface area contributed by atoms with E-state index in [2.05, 4.69) is 19.9 Å². The van der Waals surface area contributed by atoms with Crippen LogP contribution in [0.5, 0.6) is 0 Å². The molecule has 2 rings (SSSR count). The van der Waals surface area contributed by atoms with Gasteiger partial charge in [0.2, 0.25) is 5.91 Å². The Labute approximate surface area is 106 Å². The molecule has 0 aliphatic rings. The normalized spacial score (nSPS) is 10.0. The fourth-order valence-electron chi connectivity index (χ4n) is 1.25. The molecule has 7 nitrogen and oxygen atoms in total. The third-order valence-corrected chi connectivity index (χ3v) is 2.67. The van der Waals surface area contributed by atoms with Gasteiger partial charge >= 0.3 is 5.97 Å². The summed E-state index contributed by atoms with van der Waals surface area (Å²) in [4.78, 5) is 26.8. The van der Waals surface area contributed by atoms with E-state index in [4.69, 9.17) is 5.11 Å². The van der Waals surface area contributed by atoms with E-state index in [1.165, 1.54) is 24.7 Å². The van der Waals surface area contributed by atoms with E-state index in [1.807, 2.05) is 0 Å². The molecule has 0 aliphatic heterocycles. The molecule has 0 aliphatic carbocycles. The molecule has 0 aromatic carbocycles. The van der Waals surface area contributed by atoms with E-state index in [-0.39, 0.29) is 17.9 Å². The number of aromatic nitrogens is 3. The monoisotopic (exact) mass is 264 g/mol. The van der Waals surface area contributed by atoms with Crippen molar-refractivity contribution in [3.05, 3.63) is 35.1 Å². The molecule has 0 unspecified atom stereocenters. The number of carbonyl (C=O) groups is 2. The van der Waals surface area contributed by atoms with Gasteiger partial charge in [-0.3, -0.25) is 9.78 Å². The van der Waals surface area contributed by atoms with Crippen LogP contribution in [0.1, 0.15) is 15.2 Å². The molecule has 18 heavy (non-hydrogen) atoms. The van der Waals surface area contributed by atoms with Gasteiger partial charge in [-0.05, 0) is 17.6 Å². The van der Waals surface area contributed by atoms with Crippen LogP contribution in [0.25, 0.3) is 0 Å². The Bertz CT molecular complexity index is 570. The predicted molar refractivity (Wildman–Crippen MR) is 63.4 cm³/mol. The van der Waals surface area contributed by atoms with Gasteiger partial charge in [-0.2, -0.15) is 0 Å². The average molecular weight is 264 g/mol. The summed E-state index contributed by atoms with van der Waals surface area (Å²) in [5.41, 5.74) is 0.365. The van der Waals surface area contributed by atoms with Crippen molar-refractivity contribution in [2.75, 3.05) is 5.32 Å². The molecule has 8 heteroatoms. The van der Waals surface area contributed by atoms with Crippen LogP contribution in [-0.2, 0) is 11.2 Å². The van der Waals surface area contributed by atoms with Crippen molar-refractivity contribution < 1.29 is 14.7 Å². The molecule has 0 fully saturated rings. The lowest BCUT2D eigenvalue weighted by molar-refractivity contribution is -0.115. The van der Waals surface area contributed by atoms with Crippen LogP contribution in [0.2, 0.25) is 0 Å². The van der Waals surface area contributed by atoms with Gasteiger partial charge in [-0.1, -0.05) is 4.49 Å². The van der Waals surface area contributed by atoms with Crippen LogP contribution >= 0.6 is 11.5 Å². The maximum Gasteiger partial charge on any atom is 0.337 e. The van der Waals surface area contributed by atoms with E-state index in [0.29, 0.717) is 5.69 Å². The van der Waals surface area contributed by atoms with Gasteiger partial charge in [0.1, 0.15) is 0 Å². The number of anilines is 1. The highest BCUT2D eigenvalue weighted by Gasteiger charge is 2.08. The van der Waals surface area contributed by atoms with E-state index in [9.17, 15) is 9.59 Å². The first kappa shape index (κ1) is 12.1. The summed E-state index contributed by atoms with van der Waals surface area (Å²) < 4.78 is 3.64. The van der Waals surface area contributed by atoms with Crippen molar-refractivity contribution in [1.29, 1.82) is 0 Å². The van der Waals surface area contributed by atoms with Gasteiger partial charge in [0.25, 0.3) is 0 Å². The number of hydrogen-bond donors (Lipinski definition) is 2. The summed E-state index contributed by atoms with van der Waals surface area (Å²) in [6, 6.07) is 1.35. The Kier molecular flexibility index (Phi) is 3.58. The van der Waals surface area contributed by atoms with E-state index >= 15 is 0 Å². The summed E-state index contributed by atoms with van der Waals surface area (Å²) in [5, 5.41) is 15.0. The molecule has 2 aromatic heterocycles. The van der Waals surface area contributed by atoms with Gasteiger partial charge in [0.15, 0.2) is 0 Å². The first-order valence-electron chi connectivity index (χ1n) is 4.89. The second-order valence-electron chi connectivity index (χ2n) is 3.38. The molecule has 2 heterocycles. The number of rotatable bonds is 4. The zero-order chi connectivity index (χ0) is 13.0. The van der Waals surface area contributed by atoms with Crippen LogP contribution in [0.3, 0.4) is 0 Å². The van der Waals surface area contributed by atoms with Crippen LogP contribution in [-0.4, -0.2) is 31.6 Å². The van der Waals surface area contributed by atoms with Gasteiger partial charge in [0, 0.05) is 6.20 Å². The molecule has 0 atom stereocenters. The summed E-state index contributed by atoms with van der Waals surface area (Å²) in [6.07, 6.45) is 4.26. The molecule has 2 aromatic rings. The molecule has 0 saturated heterocycles. The molecule has 0 radical (unpaired) electrons. The van der Waals surface area contributed by atoms with Crippen LogP contribution in [0.4, 0.5) is 5.69 Å². The second-order valence-corrected chi connectivity index (χ2v) is 4.25. The van der Waals surface area contributed by atoms with Crippen molar-refractivity contribution >= 4 is 29.1 Å². The number of amides is 1. The molecular weight excluding hydrogens is 256 g/mol. The number of hydrogen-bond acceptors (Lipinski definition) is 6. The Morgan fingerprint density at radius 3 is 2.83 bits per heavy atom. The fraction of sp³-hybridized carbons (Fsp3) is 0.100.